The van der Waals surface area contributed by atoms with E-state index in [1.54, 1.807) is 159 Å². The van der Waals surface area contributed by atoms with Crippen molar-refractivity contribution < 1.29 is 162 Å². The van der Waals surface area contributed by atoms with Gasteiger partial charge in [0.2, 0.25) is 0 Å². The Kier molecular flexibility index (Phi) is 44.5. The standard InChI is InChI=1S/C18H15F9Se.C15H19F13Se.C14H13F3Se.C9H11F3Se.C9H19F3Se.C8H9F3Se.C6H11F3Se/c19-15(20,16(21,22)17(23,24)18(25,26)27)12-28(14-9-5-2-6-10-14)11-13-7-3-1-4-8-13;1-8(2)6-5-7-9(3,4)29(8)15(27,28)13(22,23)11(18,19)10(16,17)12(20,21)14(24,25)26;15-14(16,17)18(13-9-5-2-6-10-13)11-12-7-3-1-4-8-12;1-2-13(9(10,11)12)8-6-4-3-5-7-8;1-3-5-7-13(8-6-4-2)9(10,11)12;1-12(8(9,10)11)7-5-3-2-4-6-7;7-6(8,9)5-10-3-1-2-4-10/h1-10,28H,11-12H2;29H,5-7H2,1-4H3;1-10,18H,11H2;3-7,13H,2H2,1H3;13H,3-8H2,1-2H3;2-6,12H,1H3;10H,1-5H2. The topological polar surface area (TPSA) is 0 Å². The minimum atomic E-state index is -7.83. The quantitative estimate of drug-likeness (QED) is 0.0396. The third-order valence-electron chi connectivity index (χ3n) is 18.2. The fourth-order valence-corrected chi connectivity index (χ4v) is 44.4. The van der Waals surface area contributed by atoms with E-state index in [1.165, 1.54) is 30.1 Å². The molecule has 0 aliphatic carbocycles. The van der Waals surface area contributed by atoms with Gasteiger partial charge in [0.25, 0.3) is 0 Å². The molecule has 8 rings (SSSR count). The number of rotatable bonds is 25. The van der Waals surface area contributed by atoms with Gasteiger partial charge in [-0.2, -0.15) is 0 Å². The Labute approximate surface area is 719 Å². The molecule has 0 bridgehead atoms. The fraction of sp³-hybridized carbons (Fsp3) is 0.544. The summed E-state index contributed by atoms with van der Waals surface area (Å²) in [6, 6.07) is 48.7. The normalized spacial score (nSPS) is 17.6. The van der Waals surface area contributed by atoms with Crippen molar-refractivity contribution in [1.82, 2.24) is 0 Å². The molecule has 6 aromatic carbocycles. The fourth-order valence-electron chi connectivity index (χ4n) is 12.0. The van der Waals surface area contributed by atoms with Gasteiger partial charge in [-0.1, -0.05) is 0 Å². The number of unbranched alkanes of at least 4 members (excludes halogenated alkanes) is 2. The average Bonchev–Trinajstić information content (AvgIpc) is 1.27. The van der Waals surface area contributed by atoms with Crippen molar-refractivity contribution in [2.45, 2.75) is 254 Å². The van der Waals surface area contributed by atoms with Gasteiger partial charge in [0.1, 0.15) is 0 Å². The molecular weight excluding hydrogens is 2200 g/mol. The molecule has 4 atom stereocenters. The van der Waals surface area contributed by atoms with Crippen molar-refractivity contribution in [3.63, 3.8) is 0 Å². The average molecular weight is 2300 g/mol. The van der Waals surface area contributed by atoms with Crippen LogP contribution in [0.4, 0.5) is 162 Å². The molecule has 6 aromatic rings. The molecule has 0 saturated carbocycles. The van der Waals surface area contributed by atoms with Crippen LogP contribution in [-0.2, 0) is 10.6 Å². The summed E-state index contributed by atoms with van der Waals surface area (Å²) in [4.78, 5) is -5.90. The predicted molar refractivity (Wildman–Crippen MR) is 423 cm³/mol. The molecule has 0 nitrogen and oxygen atoms in total. The Morgan fingerprint density at radius 2 is 0.650 bits per heavy atom. The van der Waals surface area contributed by atoms with Gasteiger partial charge in [0.05, 0.1) is 0 Å². The summed E-state index contributed by atoms with van der Waals surface area (Å²) >= 11 is -20.5. The summed E-state index contributed by atoms with van der Waals surface area (Å²) in [5, 5.41) is -15.0. The third kappa shape index (κ3) is 33.9. The first-order valence-corrected chi connectivity index (χ1v) is 61.1. The van der Waals surface area contributed by atoms with E-state index in [0.29, 0.717) is 29.6 Å². The number of alkyl halides is 37. The molecule has 2 heterocycles. The first kappa shape index (κ1) is 115. The van der Waals surface area contributed by atoms with Crippen molar-refractivity contribution >= 4 is 115 Å². The van der Waals surface area contributed by atoms with Crippen LogP contribution in [0.5, 0.6) is 0 Å². The van der Waals surface area contributed by atoms with Crippen LogP contribution in [0.2, 0.25) is 51.7 Å². The van der Waals surface area contributed by atoms with Crippen LogP contribution in [0.15, 0.2) is 182 Å². The molecule has 2 aliphatic rings. The summed E-state index contributed by atoms with van der Waals surface area (Å²) in [6.45, 7) is 9.67. The maximum absolute atomic E-state index is 14.8. The molecule has 0 aromatic heterocycles. The molecule has 0 N–H and O–H groups in total. The van der Waals surface area contributed by atoms with Gasteiger partial charge >= 0.3 is 724 Å². The Morgan fingerprint density at radius 3 is 0.967 bits per heavy atom. The SMILES string of the molecule is CC1(C)CCCC(C)(C)[SeH]1C(F)(F)C(F)(F)C(F)(F)C(F)(F)C(F)(F)C(F)(F)F.CCCC[SeH](CCCC)C(F)(F)F.CC[SeH](c1ccccc1)C(F)(F)F.C[SeH](c1ccccc1)C(F)(F)F.FC(F)(F)C(F)(F)C(F)(F)C(F)(F)C[SeH](Cc1ccccc1)c1ccccc1.FC(F)(F)C[SeH]1CCCC1.FC(F)(F)[SeH](Cc1ccccc1)c1ccccc1. The zero-order chi connectivity index (χ0) is 94.9. The van der Waals surface area contributed by atoms with E-state index in [0.717, 1.165) is 82.4 Å². The van der Waals surface area contributed by atoms with Crippen molar-refractivity contribution in [1.29, 1.82) is 0 Å². The molecule has 44 heteroatoms. The predicted octanol–water partition coefficient (Wildman–Crippen LogP) is 26.2. The second-order valence-corrected chi connectivity index (χ2v) is 66.0. The zero-order valence-corrected chi connectivity index (χ0v) is 79.8. The van der Waals surface area contributed by atoms with Crippen LogP contribution in [0.25, 0.3) is 0 Å². The Morgan fingerprint density at radius 1 is 0.333 bits per heavy atom. The first-order chi connectivity index (χ1) is 55.9. The van der Waals surface area contributed by atoms with Gasteiger partial charge in [-0.25, -0.2) is 0 Å². The number of hydrogen-bond acceptors (Lipinski definition) is 0. The molecule has 2 saturated heterocycles. The molecule has 0 radical (unpaired) electrons. The van der Waals surface area contributed by atoms with Crippen LogP contribution in [0.3, 0.4) is 0 Å². The number of benzene rings is 6. The molecular formula is C79H97F37Se7. The van der Waals surface area contributed by atoms with E-state index < -0.39 is 202 Å². The zero-order valence-electron chi connectivity index (χ0n) is 66.7. The van der Waals surface area contributed by atoms with E-state index in [2.05, 4.69) is 0 Å². The summed E-state index contributed by atoms with van der Waals surface area (Å²) in [5.41, 5.74) is 1.27. The van der Waals surface area contributed by atoms with Crippen LogP contribution in [-0.4, -0.2) is 182 Å². The Bertz CT molecular complexity index is 3880. The molecule has 0 spiro atoms. The Balaban J connectivity index is 0.000000504. The Hall–Kier alpha value is -3.63. The third-order valence-corrected chi connectivity index (χ3v) is 55.2. The minimum absolute atomic E-state index is 0.0961. The monoisotopic (exact) mass is 2310 g/mol. The van der Waals surface area contributed by atoms with E-state index in [9.17, 15) is 162 Å². The van der Waals surface area contributed by atoms with E-state index >= 15 is 0 Å². The van der Waals surface area contributed by atoms with Gasteiger partial charge in [-0.3, -0.25) is 0 Å². The van der Waals surface area contributed by atoms with Crippen LogP contribution < -0.4 is 17.8 Å². The van der Waals surface area contributed by atoms with Crippen LogP contribution in [0, 0.1) is 0 Å². The van der Waals surface area contributed by atoms with Gasteiger partial charge < -0.3 is 0 Å². The molecule has 123 heavy (non-hydrogen) atoms. The summed E-state index contributed by atoms with van der Waals surface area (Å²) in [6.07, 6.45) is -12.8. The molecule has 4 unspecified atom stereocenters. The maximum atomic E-state index is 14.8. The van der Waals surface area contributed by atoms with Crippen molar-refractivity contribution in [2.75, 3.05) is 0 Å². The second kappa shape index (κ2) is 47.5. The van der Waals surface area contributed by atoms with Gasteiger partial charge in [0.15, 0.2) is 0 Å². The van der Waals surface area contributed by atoms with Crippen molar-refractivity contribution in [3.05, 3.63) is 193 Å². The van der Waals surface area contributed by atoms with Crippen LogP contribution in [0.1, 0.15) is 117 Å². The van der Waals surface area contributed by atoms with Crippen LogP contribution >= 0.6 is 0 Å². The summed E-state index contributed by atoms with van der Waals surface area (Å²) in [5.74, 6) is -48.0. The molecule has 2 fully saturated rings. The first-order valence-electron chi connectivity index (χ1n) is 37.0. The molecule has 2 aliphatic heterocycles. The molecule has 0 amide bonds. The molecule has 714 valence electrons. The second-order valence-electron chi connectivity index (χ2n) is 28.7. The van der Waals surface area contributed by atoms with E-state index in [-0.39, 0.29) is 39.7 Å². The van der Waals surface area contributed by atoms with Crippen molar-refractivity contribution in [3.8, 4) is 0 Å². The van der Waals surface area contributed by atoms with E-state index in [4.69, 9.17) is 0 Å². The van der Waals surface area contributed by atoms with Gasteiger partial charge in [0, 0.05) is 0 Å². The van der Waals surface area contributed by atoms with Gasteiger partial charge in [-0.15, -0.1) is 0 Å². The van der Waals surface area contributed by atoms with Crippen molar-refractivity contribution in [2.24, 2.45) is 0 Å². The summed E-state index contributed by atoms with van der Waals surface area (Å²) < 4.78 is 478. The summed E-state index contributed by atoms with van der Waals surface area (Å²) in [7, 11) is 0. The van der Waals surface area contributed by atoms with E-state index in [1.807, 2.05) is 19.9 Å². The number of halogens is 37. The number of hydrogen-bond donors (Lipinski definition) is 0. The van der Waals surface area contributed by atoms with Gasteiger partial charge in [-0.05, 0) is 0 Å².